The quantitative estimate of drug-likeness (QED) is 0.884. The van der Waals surface area contributed by atoms with Gasteiger partial charge >= 0.3 is 0 Å². The summed E-state index contributed by atoms with van der Waals surface area (Å²) in [5, 5.41) is 10.1. The number of fused-ring (bicyclic) bond motifs is 1. The molecule has 1 aromatic rings. The fourth-order valence-electron chi connectivity index (χ4n) is 3.00. The predicted molar refractivity (Wildman–Crippen MR) is 74.9 cm³/mol. The van der Waals surface area contributed by atoms with Crippen molar-refractivity contribution in [3.8, 4) is 0 Å². The second kappa shape index (κ2) is 4.27. The maximum Gasteiger partial charge on any atom is 0.0841 e. The molecule has 18 heavy (non-hydrogen) atoms. The SMILES string of the molecule is CC(C)(O)c1ccc2c(c1)N(CC1CCC1)CC2. The van der Waals surface area contributed by atoms with Crippen molar-refractivity contribution in [2.75, 3.05) is 18.0 Å². The zero-order chi connectivity index (χ0) is 12.8. The molecule has 1 aliphatic heterocycles. The Morgan fingerprint density at radius 3 is 2.72 bits per heavy atom. The number of benzene rings is 1. The maximum atomic E-state index is 10.1. The van der Waals surface area contributed by atoms with Crippen LogP contribution in [-0.2, 0) is 12.0 Å². The van der Waals surface area contributed by atoms with Crippen LogP contribution in [0.4, 0.5) is 5.69 Å². The Kier molecular flexibility index (Phi) is 2.86. The van der Waals surface area contributed by atoms with E-state index in [2.05, 4.69) is 23.1 Å². The van der Waals surface area contributed by atoms with E-state index in [0.717, 1.165) is 24.4 Å². The molecular formula is C16H23NO. The number of anilines is 1. The Bertz CT molecular complexity index is 443. The van der Waals surface area contributed by atoms with Gasteiger partial charge in [-0.25, -0.2) is 0 Å². The van der Waals surface area contributed by atoms with Crippen molar-refractivity contribution in [2.24, 2.45) is 5.92 Å². The number of hydrogen-bond acceptors (Lipinski definition) is 2. The van der Waals surface area contributed by atoms with Crippen molar-refractivity contribution in [3.63, 3.8) is 0 Å². The highest BCUT2D eigenvalue weighted by atomic mass is 16.3. The molecule has 98 valence electrons. The smallest absolute Gasteiger partial charge is 0.0841 e. The standard InChI is InChI=1S/C16H23NO/c1-16(2,18)14-7-6-13-8-9-17(15(13)10-14)11-12-4-3-5-12/h6-7,10,12,18H,3-5,8-9,11H2,1-2H3. The van der Waals surface area contributed by atoms with Crippen molar-refractivity contribution in [2.45, 2.75) is 45.1 Å². The van der Waals surface area contributed by atoms with Crippen LogP contribution in [0.25, 0.3) is 0 Å². The molecule has 1 N–H and O–H groups in total. The molecule has 0 saturated heterocycles. The Labute approximate surface area is 110 Å². The molecule has 2 aliphatic rings. The lowest BCUT2D eigenvalue weighted by molar-refractivity contribution is 0.0786. The Morgan fingerprint density at radius 2 is 2.11 bits per heavy atom. The molecule has 1 aliphatic carbocycles. The van der Waals surface area contributed by atoms with Crippen LogP contribution in [0.3, 0.4) is 0 Å². The summed E-state index contributed by atoms with van der Waals surface area (Å²) < 4.78 is 0. The molecule has 1 aromatic carbocycles. The third kappa shape index (κ3) is 2.14. The number of aliphatic hydroxyl groups is 1. The Morgan fingerprint density at radius 1 is 1.33 bits per heavy atom. The molecule has 1 heterocycles. The Balaban J connectivity index is 1.84. The van der Waals surface area contributed by atoms with E-state index in [4.69, 9.17) is 0 Å². The second-order valence-corrected chi connectivity index (χ2v) is 6.40. The van der Waals surface area contributed by atoms with E-state index in [1.165, 1.54) is 37.1 Å². The Hall–Kier alpha value is -1.02. The monoisotopic (exact) mass is 245 g/mol. The van der Waals surface area contributed by atoms with Gasteiger partial charge in [-0.05, 0) is 56.2 Å². The molecule has 2 nitrogen and oxygen atoms in total. The lowest BCUT2D eigenvalue weighted by Gasteiger charge is -2.32. The summed E-state index contributed by atoms with van der Waals surface area (Å²) in [6, 6.07) is 6.47. The summed E-state index contributed by atoms with van der Waals surface area (Å²) in [5.41, 5.74) is 3.10. The highest BCUT2D eigenvalue weighted by Gasteiger charge is 2.27. The van der Waals surface area contributed by atoms with E-state index in [-0.39, 0.29) is 0 Å². The van der Waals surface area contributed by atoms with Gasteiger partial charge in [0.15, 0.2) is 0 Å². The van der Waals surface area contributed by atoms with E-state index in [1.54, 1.807) is 0 Å². The fourth-order valence-corrected chi connectivity index (χ4v) is 3.00. The first-order chi connectivity index (χ1) is 8.54. The van der Waals surface area contributed by atoms with Gasteiger partial charge in [0.25, 0.3) is 0 Å². The topological polar surface area (TPSA) is 23.5 Å². The van der Waals surface area contributed by atoms with Crippen LogP contribution in [0.1, 0.15) is 44.2 Å². The van der Waals surface area contributed by atoms with E-state index < -0.39 is 5.60 Å². The van der Waals surface area contributed by atoms with Gasteiger partial charge in [-0.1, -0.05) is 18.6 Å². The zero-order valence-electron chi connectivity index (χ0n) is 11.4. The minimum absolute atomic E-state index is 0.736. The van der Waals surface area contributed by atoms with Crippen LogP contribution >= 0.6 is 0 Å². The van der Waals surface area contributed by atoms with Crippen LogP contribution < -0.4 is 4.90 Å². The number of nitrogens with zero attached hydrogens (tertiary/aromatic N) is 1. The second-order valence-electron chi connectivity index (χ2n) is 6.40. The molecule has 0 bridgehead atoms. The lowest BCUT2D eigenvalue weighted by atomic mass is 9.85. The van der Waals surface area contributed by atoms with Crippen molar-refractivity contribution < 1.29 is 5.11 Å². The summed E-state index contributed by atoms with van der Waals surface area (Å²) in [4.78, 5) is 2.52. The molecule has 0 amide bonds. The molecule has 0 atom stereocenters. The normalized spacial score (nSPS) is 19.8. The average molecular weight is 245 g/mol. The highest BCUT2D eigenvalue weighted by Crippen LogP contribution is 2.35. The third-order valence-corrected chi connectivity index (χ3v) is 4.49. The minimum Gasteiger partial charge on any atom is -0.386 e. The first-order valence-corrected chi connectivity index (χ1v) is 7.15. The summed E-state index contributed by atoms with van der Waals surface area (Å²) >= 11 is 0. The molecule has 1 saturated carbocycles. The van der Waals surface area contributed by atoms with Gasteiger partial charge < -0.3 is 10.0 Å². The van der Waals surface area contributed by atoms with E-state index >= 15 is 0 Å². The molecule has 3 rings (SSSR count). The summed E-state index contributed by atoms with van der Waals surface area (Å²) in [7, 11) is 0. The molecule has 0 spiro atoms. The summed E-state index contributed by atoms with van der Waals surface area (Å²) in [6.45, 7) is 6.09. The van der Waals surface area contributed by atoms with Gasteiger partial charge in [-0.3, -0.25) is 0 Å². The first kappa shape index (κ1) is 12.0. The average Bonchev–Trinajstić information content (AvgIpc) is 2.64. The van der Waals surface area contributed by atoms with Crippen molar-refractivity contribution in [1.82, 2.24) is 0 Å². The third-order valence-electron chi connectivity index (χ3n) is 4.49. The minimum atomic E-state index is -0.736. The summed E-state index contributed by atoms with van der Waals surface area (Å²) in [5.74, 6) is 0.904. The largest absolute Gasteiger partial charge is 0.386 e. The number of hydrogen-bond donors (Lipinski definition) is 1. The van der Waals surface area contributed by atoms with Crippen LogP contribution in [0.15, 0.2) is 18.2 Å². The van der Waals surface area contributed by atoms with Gasteiger partial charge in [0.05, 0.1) is 5.60 Å². The van der Waals surface area contributed by atoms with Crippen LogP contribution in [0.2, 0.25) is 0 Å². The van der Waals surface area contributed by atoms with Crippen molar-refractivity contribution in [3.05, 3.63) is 29.3 Å². The zero-order valence-corrected chi connectivity index (χ0v) is 11.4. The molecule has 0 unspecified atom stereocenters. The molecule has 2 heteroatoms. The van der Waals surface area contributed by atoms with E-state index in [0.29, 0.717) is 0 Å². The molecule has 1 fully saturated rings. The summed E-state index contributed by atoms with van der Waals surface area (Å²) in [6.07, 6.45) is 5.37. The highest BCUT2D eigenvalue weighted by molar-refractivity contribution is 5.60. The molecule has 0 aromatic heterocycles. The molecule has 0 radical (unpaired) electrons. The van der Waals surface area contributed by atoms with Crippen LogP contribution in [0.5, 0.6) is 0 Å². The number of rotatable bonds is 3. The van der Waals surface area contributed by atoms with Crippen molar-refractivity contribution in [1.29, 1.82) is 0 Å². The van der Waals surface area contributed by atoms with Crippen molar-refractivity contribution >= 4 is 5.69 Å². The van der Waals surface area contributed by atoms with Gasteiger partial charge in [0.2, 0.25) is 0 Å². The maximum absolute atomic E-state index is 10.1. The van der Waals surface area contributed by atoms with E-state index in [1.807, 2.05) is 13.8 Å². The van der Waals surface area contributed by atoms with Gasteiger partial charge in [0.1, 0.15) is 0 Å². The predicted octanol–water partition coefficient (Wildman–Crippen LogP) is 3.08. The van der Waals surface area contributed by atoms with E-state index in [9.17, 15) is 5.11 Å². The fraction of sp³-hybridized carbons (Fsp3) is 0.625. The van der Waals surface area contributed by atoms with Crippen LogP contribution in [0, 0.1) is 5.92 Å². The molecular weight excluding hydrogens is 222 g/mol. The first-order valence-electron chi connectivity index (χ1n) is 7.15. The van der Waals surface area contributed by atoms with Gasteiger partial charge in [0, 0.05) is 18.8 Å². The van der Waals surface area contributed by atoms with Gasteiger partial charge in [-0.15, -0.1) is 0 Å². The lowest BCUT2D eigenvalue weighted by Crippen LogP contribution is -2.31. The van der Waals surface area contributed by atoms with Gasteiger partial charge in [-0.2, -0.15) is 0 Å². The van der Waals surface area contributed by atoms with Crippen LogP contribution in [-0.4, -0.2) is 18.2 Å².